The summed E-state index contributed by atoms with van der Waals surface area (Å²) in [5.74, 6) is 0. The molecule has 0 amide bonds. The van der Waals surface area contributed by atoms with Gasteiger partial charge in [0.15, 0.2) is 0 Å². The van der Waals surface area contributed by atoms with Gasteiger partial charge in [0.05, 0.1) is 6.07 Å². The van der Waals surface area contributed by atoms with Gasteiger partial charge in [0.2, 0.25) is 0 Å². The molecule has 0 radical (unpaired) electrons. The van der Waals surface area contributed by atoms with Crippen molar-refractivity contribution >= 4 is 0 Å². The minimum absolute atomic E-state index is 0.241. The molecule has 1 aliphatic rings. The molecule has 98 valence electrons. The van der Waals surface area contributed by atoms with Gasteiger partial charge in [-0.1, -0.05) is 32.6 Å². The van der Waals surface area contributed by atoms with Gasteiger partial charge in [-0.2, -0.15) is 5.26 Å². The van der Waals surface area contributed by atoms with Crippen molar-refractivity contribution in [3.8, 4) is 6.07 Å². The maximum Gasteiger partial charge on any atom is 0.106 e. The highest BCUT2D eigenvalue weighted by Crippen LogP contribution is 2.23. The Hall–Kier alpha value is -0.590. The fourth-order valence-electron chi connectivity index (χ4n) is 2.48. The highest BCUT2D eigenvalue weighted by molar-refractivity contribution is 5.06. The zero-order chi connectivity index (χ0) is 12.7. The smallest absolute Gasteiger partial charge is 0.106 e. The first kappa shape index (κ1) is 14.5. The van der Waals surface area contributed by atoms with Crippen LogP contribution in [-0.2, 0) is 0 Å². The molecule has 1 atom stereocenters. The SMILES string of the molecule is CCCCCCC(C)(C#N)N1CCN(C)CC1. The predicted molar refractivity (Wildman–Crippen MR) is 71.8 cm³/mol. The molecule has 0 aromatic heterocycles. The van der Waals surface area contributed by atoms with E-state index in [9.17, 15) is 5.26 Å². The van der Waals surface area contributed by atoms with Gasteiger partial charge in [0.25, 0.3) is 0 Å². The lowest BCUT2D eigenvalue weighted by atomic mass is 9.93. The largest absolute Gasteiger partial charge is 0.304 e. The summed E-state index contributed by atoms with van der Waals surface area (Å²) in [4.78, 5) is 4.71. The van der Waals surface area contributed by atoms with E-state index in [0.717, 1.165) is 32.6 Å². The molecule has 0 spiro atoms. The summed E-state index contributed by atoms with van der Waals surface area (Å²) in [5, 5.41) is 9.45. The average molecular weight is 237 g/mol. The third kappa shape index (κ3) is 4.29. The Morgan fingerprint density at radius 1 is 1.12 bits per heavy atom. The fraction of sp³-hybridized carbons (Fsp3) is 0.929. The van der Waals surface area contributed by atoms with Crippen LogP contribution in [0.1, 0.15) is 46.0 Å². The summed E-state index contributed by atoms with van der Waals surface area (Å²) in [6.45, 7) is 8.59. The summed E-state index contributed by atoms with van der Waals surface area (Å²) < 4.78 is 0. The van der Waals surface area contributed by atoms with Crippen LogP contribution in [0.3, 0.4) is 0 Å². The molecule has 1 unspecified atom stereocenters. The Morgan fingerprint density at radius 2 is 1.76 bits per heavy atom. The topological polar surface area (TPSA) is 30.3 Å². The lowest BCUT2D eigenvalue weighted by Gasteiger charge is -2.41. The summed E-state index contributed by atoms with van der Waals surface area (Å²) >= 11 is 0. The molecular formula is C14H27N3. The van der Waals surface area contributed by atoms with Crippen molar-refractivity contribution in [3.63, 3.8) is 0 Å². The maximum atomic E-state index is 9.45. The highest BCUT2D eigenvalue weighted by atomic mass is 15.3. The molecule has 0 N–H and O–H groups in total. The Balaban J connectivity index is 2.41. The van der Waals surface area contributed by atoms with Crippen molar-refractivity contribution < 1.29 is 0 Å². The molecule has 1 saturated heterocycles. The molecule has 1 fully saturated rings. The van der Waals surface area contributed by atoms with E-state index in [2.05, 4.69) is 36.8 Å². The summed E-state index contributed by atoms with van der Waals surface area (Å²) in [6.07, 6.45) is 6.03. The minimum Gasteiger partial charge on any atom is -0.304 e. The van der Waals surface area contributed by atoms with Gasteiger partial charge in [-0.3, -0.25) is 4.90 Å². The van der Waals surface area contributed by atoms with E-state index in [1.54, 1.807) is 0 Å². The second kappa shape index (κ2) is 6.98. The van der Waals surface area contributed by atoms with Crippen molar-refractivity contribution in [2.75, 3.05) is 33.2 Å². The second-order valence-corrected chi connectivity index (χ2v) is 5.49. The van der Waals surface area contributed by atoms with E-state index in [1.807, 2.05) is 0 Å². The minimum atomic E-state index is -0.241. The van der Waals surface area contributed by atoms with E-state index in [-0.39, 0.29) is 5.54 Å². The van der Waals surface area contributed by atoms with E-state index < -0.39 is 0 Å². The zero-order valence-corrected chi connectivity index (χ0v) is 11.7. The first-order valence-corrected chi connectivity index (χ1v) is 6.97. The van der Waals surface area contributed by atoms with Crippen molar-refractivity contribution in [1.29, 1.82) is 5.26 Å². The summed E-state index contributed by atoms with van der Waals surface area (Å²) in [5.41, 5.74) is -0.241. The lowest BCUT2D eigenvalue weighted by Crippen LogP contribution is -2.54. The van der Waals surface area contributed by atoms with Gasteiger partial charge < -0.3 is 4.90 Å². The predicted octanol–water partition coefficient (Wildman–Crippen LogP) is 2.49. The number of nitrogens with zero attached hydrogens (tertiary/aromatic N) is 3. The molecule has 0 aromatic carbocycles. The van der Waals surface area contributed by atoms with Gasteiger partial charge >= 0.3 is 0 Å². The van der Waals surface area contributed by atoms with E-state index in [0.29, 0.717) is 0 Å². The van der Waals surface area contributed by atoms with Gasteiger partial charge in [0, 0.05) is 26.2 Å². The molecule has 0 aliphatic carbocycles. The third-order valence-corrected chi connectivity index (χ3v) is 3.96. The molecule has 3 heteroatoms. The van der Waals surface area contributed by atoms with Crippen molar-refractivity contribution in [3.05, 3.63) is 0 Å². The average Bonchev–Trinajstić information content (AvgIpc) is 2.35. The standard InChI is InChI=1S/C14H27N3/c1-4-5-6-7-8-14(2,13-15)17-11-9-16(3)10-12-17/h4-12H2,1-3H3. The van der Waals surface area contributed by atoms with Crippen LogP contribution in [0, 0.1) is 11.3 Å². The van der Waals surface area contributed by atoms with Gasteiger partial charge in [-0.15, -0.1) is 0 Å². The first-order chi connectivity index (χ1) is 8.12. The lowest BCUT2D eigenvalue weighted by molar-refractivity contribution is 0.0768. The highest BCUT2D eigenvalue weighted by Gasteiger charge is 2.32. The van der Waals surface area contributed by atoms with Gasteiger partial charge in [-0.05, 0) is 20.4 Å². The van der Waals surface area contributed by atoms with Crippen molar-refractivity contribution in [2.24, 2.45) is 0 Å². The zero-order valence-electron chi connectivity index (χ0n) is 11.7. The van der Waals surface area contributed by atoms with Crippen molar-refractivity contribution in [2.45, 2.75) is 51.5 Å². The molecule has 1 aliphatic heterocycles. The van der Waals surface area contributed by atoms with Crippen LogP contribution in [0.15, 0.2) is 0 Å². The second-order valence-electron chi connectivity index (χ2n) is 5.49. The number of unbranched alkanes of at least 4 members (excludes halogenated alkanes) is 3. The molecular weight excluding hydrogens is 210 g/mol. The Bertz CT molecular complexity index is 251. The molecule has 1 rings (SSSR count). The van der Waals surface area contributed by atoms with Crippen LogP contribution in [0.25, 0.3) is 0 Å². The van der Waals surface area contributed by atoms with E-state index >= 15 is 0 Å². The normalized spacial score (nSPS) is 22.0. The molecule has 17 heavy (non-hydrogen) atoms. The Labute approximate surface area is 106 Å². The summed E-state index contributed by atoms with van der Waals surface area (Å²) in [7, 11) is 2.16. The number of hydrogen-bond donors (Lipinski definition) is 0. The quantitative estimate of drug-likeness (QED) is 0.665. The molecule has 0 bridgehead atoms. The van der Waals surface area contributed by atoms with Gasteiger partial charge in [-0.25, -0.2) is 0 Å². The van der Waals surface area contributed by atoms with Crippen LogP contribution in [0.2, 0.25) is 0 Å². The van der Waals surface area contributed by atoms with Crippen LogP contribution >= 0.6 is 0 Å². The van der Waals surface area contributed by atoms with Crippen LogP contribution in [-0.4, -0.2) is 48.6 Å². The first-order valence-electron chi connectivity index (χ1n) is 6.97. The number of hydrogen-bond acceptors (Lipinski definition) is 3. The maximum absolute atomic E-state index is 9.45. The Kier molecular flexibility index (Phi) is 5.94. The van der Waals surface area contributed by atoms with E-state index in [1.165, 1.54) is 25.7 Å². The third-order valence-electron chi connectivity index (χ3n) is 3.96. The van der Waals surface area contributed by atoms with E-state index in [4.69, 9.17) is 0 Å². The number of rotatable bonds is 6. The number of piperazine rings is 1. The Morgan fingerprint density at radius 3 is 2.29 bits per heavy atom. The van der Waals surface area contributed by atoms with Crippen molar-refractivity contribution in [1.82, 2.24) is 9.80 Å². The number of nitriles is 1. The monoisotopic (exact) mass is 237 g/mol. The molecule has 0 aromatic rings. The molecule has 0 saturated carbocycles. The molecule has 1 heterocycles. The number of likely N-dealkylation sites (N-methyl/N-ethyl adjacent to an activating group) is 1. The van der Waals surface area contributed by atoms with Crippen LogP contribution in [0.4, 0.5) is 0 Å². The van der Waals surface area contributed by atoms with Crippen LogP contribution in [0.5, 0.6) is 0 Å². The fourth-order valence-corrected chi connectivity index (χ4v) is 2.48. The summed E-state index contributed by atoms with van der Waals surface area (Å²) in [6, 6.07) is 2.55. The molecule has 3 nitrogen and oxygen atoms in total. The van der Waals surface area contributed by atoms with Gasteiger partial charge in [0.1, 0.15) is 5.54 Å². The van der Waals surface area contributed by atoms with Crippen LogP contribution < -0.4 is 0 Å².